The molecule has 0 spiro atoms. The first-order valence-electron chi connectivity index (χ1n) is 7.00. The molecule has 8 heteroatoms. The van der Waals surface area contributed by atoms with Crippen LogP contribution in [0.3, 0.4) is 0 Å². The fourth-order valence-electron chi connectivity index (χ4n) is 1.59. The lowest BCUT2D eigenvalue weighted by Gasteiger charge is -2.13. The molecule has 1 rings (SSSR count). The van der Waals surface area contributed by atoms with E-state index in [1.807, 2.05) is 6.07 Å². The largest absolute Gasteiger partial charge is 0.481 e. The molecule has 1 aromatic rings. The van der Waals surface area contributed by atoms with Crippen LogP contribution in [0.1, 0.15) is 43.4 Å². The monoisotopic (exact) mass is 345 g/mol. The lowest BCUT2D eigenvalue weighted by molar-refractivity contribution is -0.136. The van der Waals surface area contributed by atoms with Crippen LogP contribution in [0.4, 0.5) is 0 Å². The highest BCUT2D eigenvalue weighted by Crippen LogP contribution is 2.22. The Labute approximate surface area is 138 Å². The van der Waals surface area contributed by atoms with Crippen molar-refractivity contribution in [2.24, 2.45) is 7.05 Å². The fourth-order valence-corrected chi connectivity index (χ4v) is 3.48. The van der Waals surface area contributed by atoms with Crippen LogP contribution in [0.2, 0.25) is 0 Å². The van der Waals surface area contributed by atoms with Gasteiger partial charge in [0.1, 0.15) is 5.69 Å². The van der Waals surface area contributed by atoms with E-state index in [9.17, 15) is 9.59 Å². The number of hydrogen-bond donors (Lipinski definition) is 2. The van der Waals surface area contributed by atoms with Gasteiger partial charge in [-0.05, 0) is 6.07 Å². The van der Waals surface area contributed by atoms with Gasteiger partial charge in [0.2, 0.25) is 0 Å². The summed E-state index contributed by atoms with van der Waals surface area (Å²) in [4.78, 5) is 22.5. The van der Waals surface area contributed by atoms with Crippen LogP contribution in [-0.2, 0) is 17.3 Å². The number of nitrogens with zero attached hydrogens (tertiary/aromatic N) is 2. The third-order valence-corrected chi connectivity index (χ3v) is 5.24. The highest BCUT2D eigenvalue weighted by molar-refractivity contribution is 8.76. The summed E-state index contributed by atoms with van der Waals surface area (Å²) in [5, 5.41) is 15.7. The van der Waals surface area contributed by atoms with E-state index < -0.39 is 5.97 Å². The Morgan fingerprint density at radius 3 is 2.50 bits per heavy atom. The Hall–Kier alpha value is -1.15. The van der Waals surface area contributed by atoms with Crippen molar-refractivity contribution < 1.29 is 14.7 Å². The molecule has 0 atom stereocenters. The van der Waals surface area contributed by atoms with Crippen LogP contribution >= 0.6 is 21.6 Å². The van der Waals surface area contributed by atoms with E-state index in [1.54, 1.807) is 22.5 Å². The predicted octanol–water partition coefficient (Wildman–Crippen LogP) is 2.30. The first-order valence-corrected chi connectivity index (χ1v) is 9.49. The maximum absolute atomic E-state index is 12.1. The first-order chi connectivity index (χ1) is 10.2. The summed E-state index contributed by atoms with van der Waals surface area (Å²) in [5.41, 5.74) is 1.35. The van der Waals surface area contributed by atoms with Crippen LogP contribution in [0.5, 0.6) is 0 Å². The highest BCUT2D eigenvalue weighted by atomic mass is 33.1. The number of amides is 1. The molecule has 0 aliphatic rings. The van der Waals surface area contributed by atoms with Gasteiger partial charge in [-0.1, -0.05) is 42.4 Å². The van der Waals surface area contributed by atoms with Crippen LogP contribution in [0, 0.1) is 0 Å². The molecule has 1 heterocycles. The molecule has 0 saturated carbocycles. The van der Waals surface area contributed by atoms with Gasteiger partial charge in [-0.3, -0.25) is 14.3 Å². The second-order valence-electron chi connectivity index (χ2n) is 5.83. The van der Waals surface area contributed by atoms with Crippen molar-refractivity contribution >= 4 is 33.5 Å². The van der Waals surface area contributed by atoms with Crippen LogP contribution < -0.4 is 5.32 Å². The summed E-state index contributed by atoms with van der Waals surface area (Å²) in [5.74, 6) is 0.388. The van der Waals surface area contributed by atoms with E-state index in [4.69, 9.17) is 5.11 Å². The third-order valence-electron chi connectivity index (χ3n) is 2.83. The van der Waals surface area contributed by atoms with E-state index in [0.717, 1.165) is 11.4 Å². The molecule has 0 aliphatic carbocycles. The molecule has 1 aromatic heterocycles. The van der Waals surface area contributed by atoms with E-state index in [0.29, 0.717) is 18.0 Å². The molecule has 0 bridgehead atoms. The van der Waals surface area contributed by atoms with Crippen molar-refractivity contribution in [1.82, 2.24) is 15.1 Å². The Kier molecular flexibility index (Phi) is 7.28. The van der Waals surface area contributed by atoms with Gasteiger partial charge in [0.05, 0.1) is 12.1 Å². The van der Waals surface area contributed by atoms with Gasteiger partial charge in [-0.25, -0.2) is 0 Å². The zero-order valence-electron chi connectivity index (χ0n) is 13.4. The number of carbonyl (C=O) groups excluding carboxylic acids is 1. The van der Waals surface area contributed by atoms with Crippen LogP contribution in [0.25, 0.3) is 0 Å². The normalized spacial score (nSPS) is 11.5. The number of hydrogen-bond acceptors (Lipinski definition) is 5. The summed E-state index contributed by atoms with van der Waals surface area (Å²) in [6.07, 6.45) is 0.161. The molecule has 124 valence electrons. The second kappa shape index (κ2) is 8.47. The van der Waals surface area contributed by atoms with Gasteiger partial charge in [-0.2, -0.15) is 5.10 Å². The van der Waals surface area contributed by atoms with Gasteiger partial charge < -0.3 is 10.4 Å². The number of carboxylic acid groups (broad SMARTS) is 1. The van der Waals surface area contributed by atoms with E-state index >= 15 is 0 Å². The SMILES string of the molecule is Cn1nc(C(C)(C)C)cc1C(=O)NCCSSCCC(=O)O. The Balaban J connectivity index is 2.34. The molecule has 1 amide bonds. The first kappa shape index (κ1) is 18.9. The summed E-state index contributed by atoms with van der Waals surface area (Å²) in [6, 6.07) is 1.82. The highest BCUT2D eigenvalue weighted by Gasteiger charge is 2.21. The lowest BCUT2D eigenvalue weighted by Crippen LogP contribution is -2.27. The lowest BCUT2D eigenvalue weighted by atomic mass is 9.92. The predicted molar refractivity (Wildman–Crippen MR) is 91.4 cm³/mol. The smallest absolute Gasteiger partial charge is 0.304 e. The van der Waals surface area contributed by atoms with Crippen molar-refractivity contribution in [2.75, 3.05) is 18.1 Å². The van der Waals surface area contributed by atoms with Crippen LogP contribution in [-0.4, -0.2) is 44.8 Å². The summed E-state index contributed by atoms with van der Waals surface area (Å²) in [7, 11) is 4.83. The number of nitrogens with one attached hydrogen (secondary N) is 1. The van der Waals surface area contributed by atoms with Crippen molar-refractivity contribution in [3.63, 3.8) is 0 Å². The minimum atomic E-state index is -0.785. The number of aromatic nitrogens is 2. The maximum atomic E-state index is 12.1. The Bertz CT molecular complexity index is 524. The van der Waals surface area contributed by atoms with Gasteiger partial charge in [-0.15, -0.1) is 0 Å². The standard InChI is InChI=1S/C14H23N3O3S2/c1-14(2,3)11-9-10(17(4)16-11)13(20)15-6-8-22-21-7-5-12(18)19/h9H,5-8H2,1-4H3,(H,15,20)(H,18,19). The quantitative estimate of drug-likeness (QED) is 0.555. The van der Waals surface area contributed by atoms with Crippen LogP contribution in [0.15, 0.2) is 6.07 Å². The van der Waals surface area contributed by atoms with Gasteiger partial charge in [0, 0.05) is 30.5 Å². The number of aliphatic carboxylic acids is 1. The molecule has 0 fully saturated rings. The summed E-state index contributed by atoms with van der Waals surface area (Å²) < 4.78 is 1.60. The minimum Gasteiger partial charge on any atom is -0.481 e. The van der Waals surface area contributed by atoms with Gasteiger partial charge >= 0.3 is 5.97 Å². The molecule has 0 saturated heterocycles. The molecule has 0 radical (unpaired) electrons. The molecule has 0 unspecified atom stereocenters. The fraction of sp³-hybridized carbons (Fsp3) is 0.643. The number of carbonyl (C=O) groups is 2. The van der Waals surface area contributed by atoms with Crippen molar-refractivity contribution in [2.45, 2.75) is 32.6 Å². The summed E-state index contributed by atoms with van der Waals surface area (Å²) >= 11 is 0. The zero-order valence-corrected chi connectivity index (χ0v) is 15.0. The average Bonchev–Trinajstić information content (AvgIpc) is 2.79. The number of aryl methyl sites for hydroxylation is 1. The van der Waals surface area contributed by atoms with Gasteiger partial charge in [0.15, 0.2) is 0 Å². The Morgan fingerprint density at radius 2 is 1.95 bits per heavy atom. The molecule has 22 heavy (non-hydrogen) atoms. The summed E-state index contributed by atoms with van der Waals surface area (Å²) in [6.45, 7) is 6.71. The van der Waals surface area contributed by atoms with Crippen molar-refractivity contribution in [3.05, 3.63) is 17.5 Å². The molecule has 2 N–H and O–H groups in total. The van der Waals surface area contributed by atoms with Crippen molar-refractivity contribution in [3.8, 4) is 0 Å². The molecular formula is C14H23N3O3S2. The number of carboxylic acids is 1. The third kappa shape index (κ3) is 6.31. The van der Waals surface area contributed by atoms with Gasteiger partial charge in [0.25, 0.3) is 5.91 Å². The molecule has 0 aromatic carbocycles. The number of rotatable bonds is 8. The minimum absolute atomic E-state index is 0.0904. The Morgan fingerprint density at radius 1 is 1.32 bits per heavy atom. The van der Waals surface area contributed by atoms with E-state index in [-0.39, 0.29) is 17.7 Å². The van der Waals surface area contributed by atoms with E-state index in [1.165, 1.54) is 10.8 Å². The zero-order chi connectivity index (χ0) is 16.8. The maximum Gasteiger partial charge on any atom is 0.304 e. The molecular weight excluding hydrogens is 322 g/mol. The van der Waals surface area contributed by atoms with Crippen molar-refractivity contribution in [1.29, 1.82) is 0 Å². The average molecular weight is 345 g/mol. The van der Waals surface area contributed by atoms with E-state index in [2.05, 4.69) is 31.2 Å². The molecule has 0 aliphatic heterocycles. The second-order valence-corrected chi connectivity index (χ2v) is 8.53. The molecule has 6 nitrogen and oxygen atoms in total. The topological polar surface area (TPSA) is 84.2 Å².